The molecule has 0 unspecified atom stereocenters. The van der Waals surface area contributed by atoms with Gasteiger partial charge in [-0.3, -0.25) is 9.59 Å². The van der Waals surface area contributed by atoms with Gasteiger partial charge in [0.2, 0.25) is 0 Å². The van der Waals surface area contributed by atoms with Gasteiger partial charge in [0.1, 0.15) is 11.5 Å². The Hall–Kier alpha value is -3.88. The van der Waals surface area contributed by atoms with Crippen LogP contribution in [0, 0.1) is 0 Å². The first-order chi connectivity index (χ1) is 16.6. The third-order valence-electron chi connectivity index (χ3n) is 4.66. The minimum absolute atomic E-state index is 0.0782. The smallest absolute Gasteiger partial charge is 0.255 e. The predicted molar refractivity (Wildman–Crippen MR) is 129 cm³/mol. The fourth-order valence-corrected chi connectivity index (χ4v) is 2.96. The molecule has 0 fully saturated rings. The Balaban J connectivity index is 1.70. The Kier molecular flexibility index (Phi) is 9.45. The first-order valence-corrected chi connectivity index (χ1v) is 10.9. The average molecular weight is 465 g/mol. The van der Waals surface area contributed by atoms with E-state index in [1.165, 1.54) is 6.07 Å². The zero-order chi connectivity index (χ0) is 24.2. The van der Waals surface area contributed by atoms with Crippen molar-refractivity contribution in [3.8, 4) is 11.5 Å². The molecule has 0 saturated heterocycles. The van der Waals surface area contributed by atoms with Crippen molar-refractivity contribution in [2.75, 3.05) is 37.4 Å². The van der Waals surface area contributed by atoms with Crippen LogP contribution in [-0.2, 0) is 9.47 Å². The quantitative estimate of drug-likeness (QED) is 0.291. The molecule has 8 heteroatoms. The molecule has 0 bridgehead atoms. The van der Waals surface area contributed by atoms with Gasteiger partial charge in [-0.05, 0) is 56.3 Å². The molecule has 0 heterocycles. The molecule has 34 heavy (non-hydrogen) atoms. The second kappa shape index (κ2) is 13.0. The monoisotopic (exact) mass is 464 g/mol. The number of benzene rings is 3. The molecule has 0 spiro atoms. The second-order valence-corrected chi connectivity index (χ2v) is 6.99. The van der Waals surface area contributed by atoms with Crippen molar-refractivity contribution in [1.29, 1.82) is 0 Å². The fraction of sp³-hybridized carbons (Fsp3) is 0.231. The van der Waals surface area contributed by atoms with Gasteiger partial charge in [-0.25, -0.2) is 0 Å². The molecule has 3 aromatic carbocycles. The molecule has 0 aromatic heterocycles. The summed E-state index contributed by atoms with van der Waals surface area (Å²) in [6.07, 6.45) is 0. The highest BCUT2D eigenvalue weighted by Crippen LogP contribution is 2.26. The van der Waals surface area contributed by atoms with Crippen molar-refractivity contribution in [3.63, 3.8) is 0 Å². The molecule has 8 nitrogen and oxygen atoms in total. The number of amides is 2. The molecule has 0 aliphatic carbocycles. The van der Waals surface area contributed by atoms with Crippen molar-refractivity contribution in [3.05, 3.63) is 83.9 Å². The van der Waals surface area contributed by atoms with Gasteiger partial charge in [0.05, 0.1) is 11.4 Å². The van der Waals surface area contributed by atoms with Crippen LogP contribution in [0.25, 0.3) is 0 Å². The molecular formula is C26H28N2O6. The van der Waals surface area contributed by atoms with Crippen LogP contribution in [0.5, 0.6) is 11.5 Å². The summed E-state index contributed by atoms with van der Waals surface area (Å²) in [5, 5.41) is 5.64. The van der Waals surface area contributed by atoms with Gasteiger partial charge in [-0.15, -0.1) is 0 Å². The predicted octanol–water partition coefficient (Wildman–Crippen LogP) is 4.94. The maximum Gasteiger partial charge on any atom is 0.255 e. The van der Waals surface area contributed by atoms with Crippen LogP contribution >= 0.6 is 0 Å². The molecule has 178 valence electrons. The molecule has 3 aromatic rings. The van der Waals surface area contributed by atoms with Crippen molar-refractivity contribution < 1.29 is 28.5 Å². The van der Waals surface area contributed by atoms with E-state index < -0.39 is 0 Å². The number of hydrogen-bond donors (Lipinski definition) is 2. The summed E-state index contributed by atoms with van der Waals surface area (Å²) >= 11 is 0. The summed E-state index contributed by atoms with van der Waals surface area (Å²) in [5.74, 6) is 0.230. The molecular weight excluding hydrogens is 436 g/mol. The Labute approximate surface area is 198 Å². The third-order valence-corrected chi connectivity index (χ3v) is 4.66. The maximum absolute atomic E-state index is 12.9. The molecule has 0 atom stereocenters. The lowest BCUT2D eigenvalue weighted by molar-refractivity contribution is 0.0226. The van der Waals surface area contributed by atoms with E-state index in [4.69, 9.17) is 18.9 Å². The minimum atomic E-state index is -0.373. The number of hydrogen-bond acceptors (Lipinski definition) is 6. The molecule has 0 aliphatic rings. The van der Waals surface area contributed by atoms with E-state index in [-0.39, 0.29) is 25.4 Å². The van der Waals surface area contributed by atoms with Gasteiger partial charge in [0.15, 0.2) is 13.6 Å². The molecule has 3 rings (SSSR count). The Bertz CT molecular complexity index is 1020. The highest BCUT2D eigenvalue weighted by Gasteiger charge is 2.14. The SMILES string of the molecule is CCOCOc1ccccc1NC(=O)c1cccc(C(=O)Nc2ccccc2OCOCC)c1. The van der Waals surface area contributed by atoms with Crippen molar-refractivity contribution in [2.24, 2.45) is 0 Å². The van der Waals surface area contributed by atoms with Gasteiger partial charge in [-0.2, -0.15) is 0 Å². The van der Waals surface area contributed by atoms with E-state index in [1.54, 1.807) is 66.7 Å². The summed E-state index contributed by atoms with van der Waals surface area (Å²) < 4.78 is 21.6. The standard InChI is InChI=1S/C26H28N2O6/c1-3-31-17-33-23-14-7-5-12-21(23)27-25(29)19-10-9-11-20(16-19)26(30)28-22-13-6-8-15-24(22)34-18-32-4-2/h5-16H,3-4,17-18H2,1-2H3,(H,27,29)(H,28,30). The summed E-state index contributed by atoms with van der Waals surface area (Å²) in [6, 6.07) is 20.6. The second-order valence-electron chi connectivity index (χ2n) is 6.99. The highest BCUT2D eigenvalue weighted by molar-refractivity contribution is 6.09. The normalized spacial score (nSPS) is 10.4. The van der Waals surface area contributed by atoms with E-state index in [2.05, 4.69) is 10.6 Å². The lowest BCUT2D eigenvalue weighted by atomic mass is 10.1. The van der Waals surface area contributed by atoms with Gasteiger partial charge in [0.25, 0.3) is 11.8 Å². The van der Waals surface area contributed by atoms with E-state index in [0.717, 1.165) is 0 Å². The number of nitrogens with one attached hydrogen (secondary N) is 2. The Morgan fingerprint density at radius 3 is 1.53 bits per heavy atom. The first-order valence-electron chi connectivity index (χ1n) is 10.9. The average Bonchev–Trinajstić information content (AvgIpc) is 2.86. The van der Waals surface area contributed by atoms with Crippen LogP contribution in [-0.4, -0.2) is 38.6 Å². The third kappa shape index (κ3) is 7.06. The number of ether oxygens (including phenoxy) is 4. The highest BCUT2D eigenvalue weighted by atomic mass is 16.7. The lowest BCUT2D eigenvalue weighted by Crippen LogP contribution is -2.16. The van der Waals surface area contributed by atoms with Crippen molar-refractivity contribution in [1.82, 2.24) is 0 Å². The zero-order valence-electron chi connectivity index (χ0n) is 19.2. The summed E-state index contributed by atoms with van der Waals surface area (Å²) in [5.41, 5.74) is 1.66. The molecule has 0 saturated carbocycles. The van der Waals surface area contributed by atoms with Gasteiger partial charge < -0.3 is 29.6 Å². The molecule has 2 amide bonds. The van der Waals surface area contributed by atoms with Crippen molar-refractivity contribution in [2.45, 2.75) is 13.8 Å². The van der Waals surface area contributed by atoms with E-state index in [9.17, 15) is 9.59 Å². The zero-order valence-corrected chi connectivity index (χ0v) is 19.2. The number of carbonyl (C=O) groups excluding carboxylic acids is 2. The summed E-state index contributed by atoms with van der Waals surface area (Å²) in [7, 11) is 0. The summed E-state index contributed by atoms with van der Waals surface area (Å²) in [6.45, 7) is 4.93. The molecule has 0 aliphatic heterocycles. The summed E-state index contributed by atoms with van der Waals surface area (Å²) in [4.78, 5) is 25.7. The number of anilines is 2. The van der Waals surface area contributed by atoms with E-state index in [0.29, 0.717) is 47.2 Å². The van der Waals surface area contributed by atoms with Crippen LogP contribution < -0.4 is 20.1 Å². The molecule has 0 radical (unpaired) electrons. The van der Waals surface area contributed by atoms with Gasteiger partial charge in [-0.1, -0.05) is 30.3 Å². The Morgan fingerprint density at radius 2 is 1.09 bits per heavy atom. The van der Waals surface area contributed by atoms with Crippen molar-refractivity contribution >= 4 is 23.2 Å². The minimum Gasteiger partial charge on any atom is -0.465 e. The topological polar surface area (TPSA) is 95.1 Å². The largest absolute Gasteiger partial charge is 0.465 e. The lowest BCUT2D eigenvalue weighted by Gasteiger charge is -2.13. The van der Waals surface area contributed by atoms with Crippen LogP contribution in [0.1, 0.15) is 34.6 Å². The number of para-hydroxylation sites is 4. The van der Waals surface area contributed by atoms with Crippen LogP contribution in [0.15, 0.2) is 72.8 Å². The number of rotatable bonds is 12. The van der Waals surface area contributed by atoms with Crippen LogP contribution in [0.4, 0.5) is 11.4 Å². The first kappa shape index (κ1) is 24.8. The van der Waals surface area contributed by atoms with E-state index >= 15 is 0 Å². The number of carbonyl (C=O) groups is 2. The Morgan fingerprint density at radius 1 is 0.647 bits per heavy atom. The van der Waals surface area contributed by atoms with Crippen LogP contribution in [0.2, 0.25) is 0 Å². The molecule has 2 N–H and O–H groups in total. The van der Waals surface area contributed by atoms with Gasteiger partial charge in [0, 0.05) is 24.3 Å². The maximum atomic E-state index is 12.9. The van der Waals surface area contributed by atoms with Gasteiger partial charge >= 0.3 is 0 Å². The van der Waals surface area contributed by atoms with Crippen LogP contribution in [0.3, 0.4) is 0 Å². The van der Waals surface area contributed by atoms with E-state index in [1.807, 2.05) is 13.8 Å². The fourth-order valence-electron chi connectivity index (χ4n) is 2.96.